The summed E-state index contributed by atoms with van der Waals surface area (Å²) in [6.45, 7) is 4.03. The molecule has 0 unspecified atom stereocenters. The summed E-state index contributed by atoms with van der Waals surface area (Å²) in [4.78, 5) is 13.2. The van der Waals surface area contributed by atoms with E-state index < -0.39 is 6.10 Å². The maximum absolute atomic E-state index is 11.7. The zero-order chi connectivity index (χ0) is 10.9. The minimum Gasteiger partial charge on any atom is -0.394 e. The number of hydrogen-bond acceptors (Lipinski definition) is 3. The molecule has 4 heteroatoms. The normalized spacial score (nSPS) is 25.6. The third-order valence-corrected chi connectivity index (χ3v) is 2.88. The first kappa shape index (κ1) is 11.5. The van der Waals surface area contributed by atoms with Crippen molar-refractivity contribution in [2.45, 2.75) is 26.4 Å². The van der Waals surface area contributed by atoms with Crippen LogP contribution in [0.4, 0.5) is 0 Å². The summed E-state index contributed by atoms with van der Waals surface area (Å²) >= 11 is 0. The van der Waals surface area contributed by atoms with E-state index >= 15 is 0 Å². The molecule has 0 aromatic heterocycles. The lowest BCUT2D eigenvalue weighted by molar-refractivity contribution is -0.133. The number of hydrogen-bond donors (Lipinski definition) is 2. The van der Waals surface area contributed by atoms with Gasteiger partial charge in [-0.1, -0.05) is 13.8 Å². The van der Waals surface area contributed by atoms with Crippen molar-refractivity contribution in [3.05, 3.63) is 0 Å². The number of rotatable bonds is 4. The lowest BCUT2D eigenvalue weighted by Crippen LogP contribution is -2.37. The first-order valence-electron chi connectivity index (χ1n) is 4.92. The van der Waals surface area contributed by atoms with Crippen LogP contribution in [0, 0.1) is 11.3 Å². The van der Waals surface area contributed by atoms with Gasteiger partial charge >= 0.3 is 0 Å². The van der Waals surface area contributed by atoms with Crippen molar-refractivity contribution in [2.75, 3.05) is 20.2 Å². The Morgan fingerprint density at radius 2 is 2.14 bits per heavy atom. The van der Waals surface area contributed by atoms with Gasteiger partial charge in [0.1, 0.15) is 0 Å². The van der Waals surface area contributed by atoms with Gasteiger partial charge in [-0.05, 0) is 11.8 Å². The van der Waals surface area contributed by atoms with Crippen LogP contribution in [0.1, 0.15) is 20.3 Å². The molecule has 1 amide bonds. The van der Waals surface area contributed by atoms with Crippen LogP contribution in [0.15, 0.2) is 0 Å². The van der Waals surface area contributed by atoms with Crippen molar-refractivity contribution in [1.29, 1.82) is 0 Å². The monoisotopic (exact) mass is 201 g/mol. The molecule has 14 heavy (non-hydrogen) atoms. The Balaban J connectivity index is 2.39. The van der Waals surface area contributed by atoms with Crippen LogP contribution in [0.3, 0.4) is 0 Å². The molecule has 4 nitrogen and oxygen atoms in total. The van der Waals surface area contributed by atoms with Gasteiger partial charge in [0.15, 0.2) is 0 Å². The summed E-state index contributed by atoms with van der Waals surface area (Å²) in [5.41, 5.74) is 0.121. The van der Waals surface area contributed by atoms with Crippen molar-refractivity contribution in [3.8, 4) is 0 Å². The summed E-state index contributed by atoms with van der Waals surface area (Å²) in [5, 5.41) is 17.8. The Hall–Kier alpha value is -0.610. The van der Waals surface area contributed by atoms with Gasteiger partial charge in [0.2, 0.25) is 5.91 Å². The van der Waals surface area contributed by atoms with Gasteiger partial charge < -0.3 is 15.1 Å². The van der Waals surface area contributed by atoms with E-state index in [9.17, 15) is 4.79 Å². The molecule has 1 rings (SSSR count). The number of carbonyl (C=O) groups excluding carboxylic acids is 1. The van der Waals surface area contributed by atoms with Crippen LogP contribution in [0.2, 0.25) is 0 Å². The standard InChI is InChI=1S/C10H19NO3/c1-10(2)4-8(10)9(14)11(3)5-7(13)6-12/h7-8,12-13H,4-6H2,1-3H3/t7-,8+/m0/s1. The summed E-state index contributed by atoms with van der Waals surface area (Å²) in [6, 6.07) is 0. The number of carbonyl (C=O) groups is 1. The van der Waals surface area contributed by atoms with E-state index in [0.717, 1.165) is 6.42 Å². The van der Waals surface area contributed by atoms with Crippen molar-refractivity contribution in [2.24, 2.45) is 11.3 Å². The average molecular weight is 201 g/mol. The molecule has 1 saturated carbocycles. The molecule has 82 valence electrons. The number of aliphatic hydroxyl groups excluding tert-OH is 2. The summed E-state index contributed by atoms with van der Waals surface area (Å²) in [6.07, 6.45) is 0.0941. The van der Waals surface area contributed by atoms with Crippen molar-refractivity contribution in [1.82, 2.24) is 4.90 Å². The van der Waals surface area contributed by atoms with Gasteiger partial charge in [0, 0.05) is 19.5 Å². The van der Waals surface area contributed by atoms with Gasteiger partial charge in [-0.25, -0.2) is 0 Å². The van der Waals surface area contributed by atoms with Crippen LogP contribution < -0.4 is 0 Å². The van der Waals surface area contributed by atoms with E-state index in [-0.39, 0.29) is 30.4 Å². The average Bonchev–Trinajstić information content (AvgIpc) is 2.73. The Morgan fingerprint density at radius 3 is 2.50 bits per heavy atom. The fourth-order valence-electron chi connectivity index (χ4n) is 1.62. The molecule has 0 aromatic carbocycles. The highest BCUT2D eigenvalue weighted by Gasteiger charge is 2.51. The molecule has 0 heterocycles. The number of likely N-dealkylation sites (N-methyl/N-ethyl adjacent to an activating group) is 1. The summed E-state index contributed by atoms with van der Waals surface area (Å²) in [5.74, 6) is 0.167. The van der Waals surface area contributed by atoms with Crippen molar-refractivity contribution in [3.63, 3.8) is 0 Å². The minimum absolute atomic E-state index is 0.0718. The second-order valence-electron chi connectivity index (χ2n) is 4.80. The highest BCUT2D eigenvalue weighted by atomic mass is 16.3. The largest absolute Gasteiger partial charge is 0.394 e. The van der Waals surface area contributed by atoms with Gasteiger partial charge in [-0.2, -0.15) is 0 Å². The van der Waals surface area contributed by atoms with Gasteiger partial charge in [0.05, 0.1) is 12.7 Å². The maximum Gasteiger partial charge on any atom is 0.226 e. The highest BCUT2D eigenvalue weighted by molar-refractivity contribution is 5.82. The van der Waals surface area contributed by atoms with E-state index in [1.807, 2.05) is 0 Å². The summed E-state index contributed by atoms with van der Waals surface area (Å²) in [7, 11) is 1.66. The van der Waals surface area contributed by atoms with Crippen LogP contribution in [-0.2, 0) is 4.79 Å². The second kappa shape index (κ2) is 3.87. The molecular formula is C10H19NO3. The third-order valence-electron chi connectivity index (χ3n) is 2.88. The maximum atomic E-state index is 11.7. The molecule has 0 aromatic rings. The molecule has 0 spiro atoms. The Labute approximate surface area is 84.5 Å². The third kappa shape index (κ3) is 2.45. The van der Waals surface area contributed by atoms with Crippen LogP contribution in [0.5, 0.6) is 0 Å². The fourth-order valence-corrected chi connectivity index (χ4v) is 1.62. The molecule has 1 aliphatic rings. The molecule has 0 aliphatic heterocycles. The van der Waals surface area contributed by atoms with Gasteiger partial charge in [-0.3, -0.25) is 4.79 Å². The van der Waals surface area contributed by atoms with Crippen LogP contribution >= 0.6 is 0 Å². The Kier molecular flexibility index (Phi) is 3.17. The molecular weight excluding hydrogens is 182 g/mol. The number of aliphatic hydroxyl groups is 2. The predicted octanol–water partition coefficient (Wildman–Crippen LogP) is -0.156. The van der Waals surface area contributed by atoms with E-state index in [0.29, 0.717) is 0 Å². The zero-order valence-electron chi connectivity index (χ0n) is 9.03. The topological polar surface area (TPSA) is 60.8 Å². The highest BCUT2D eigenvalue weighted by Crippen LogP contribution is 2.52. The van der Waals surface area contributed by atoms with Crippen molar-refractivity contribution >= 4 is 5.91 Å². The first-order valence-corrected chi connectivity index (χ1v) is 4.92. The van der Waals surface area contributed by atoms with E-state index in [1.165, 1.54) is 4.90 Å². The van der Waals surface area contributed by atoms with Gasteiger partial charge in [0.25, 0.3) is 0 Å². The fraction of sp³-hybridized carbons (Fsp3) is 0.900. The van der Waals surface area contributed by atoms with Crippen molar-refractivity contribution < 1.29 is 15.0 Å². The quantitative estimate of drug-likeness (QED) is 0.664. The molecule has 0 radical (unpaired) electrons. The molecule has 2 N–H and O–H groups in total. The molecule has 1 fully saturated rings. The first-order chi connectivity index (χ1) is 6.38. The molecule has 2 atom stereocenters. The smallest absolute Gasteiger partial charge is 0.226 e. The minimum atomic E-state index is -0.828. The Bertz CT molecular complexity index is 227. The number of nitrogens with zero attached hydrogens (tertiary/aromatic N) is 1. The number of amides is 1. The van der Waals surface area contributed by atoms with E-state index in [2.05, 4.69) is 13.8 Å². The van der Waals surface area contributed by atoms with Crippen LogP contribution in [-0.4, -0.2) is 47.3 Å². The zero-order valence-corrected chi connectivity index (χ0v) is 9.03. The lowest BCUT2D eigenvalue weighted by atomic mass is 10.1. The van der Waals surface area contributed by atoms with E-state index in [4.69, 9.17) is 10.2 Å². The predicted molar refractivity (Wildman–Crippen MR) is 52.6 cm³/mol. The Morgan fingerprint density at radius 1 is 1.64 bits per heavy atom. The summed E-state index contributed by atoms with van der Waals surface area (Å²) < 4.78 is 0. The van der Waals surface area contributed by atoms with Gasteiger partial charge in [-0.15, -0.1) is 0 Å². The SMILES string of the molecule is CN(C[C@H](O)CO)C(=O)[C@H]1CC1(C)C. The van der Waals surface area contributed by atoms with E-state index in [1.54, 1.807) is 7.05 Å². The molecule has 0 saturated heterocycles. The molecule has 1 aliphatic carbocycles. The lowest BCUT2D eigenvalue weighted by Gasteiger charge is -2.20. The molecule has 0 bridgehead atoms. The second-order valence-corrected chi connectivity index (χ2v) is 4.80. The van der Waals surface area contributed by atoms with Crippen LogP contribution in [0.25, 0.3) is 0 Å².